The molecule has 0 saturated heterocycles. The lowest BCUT2D eigenvalue weighted by Crippen LogP contribution is -2.20. The number of anilines is 1. The molecule has 0 atom stereocenters. The third-order valence-electron chi connectivity index (χ3n) is 4.22. The van der Waals surface area contributed by atoms with E-state index < -0.39 is 5.91 Å². The molecule has 0 fully saturated rings. The molecule has 0 aliphatic rings. The first-order valence-electron chi connectivity index (χ1n) is 9.44. The molecule has 3 rings (SSSR count). The van der Waals surface area contributed by atoms with Crippen molar-refractivity contribution in [3.63, 3.8) is 0 Å². The van der Waals surface area contributed by atoms with Crippen molar-refractivity contribution in [1.82, 2.24) is 5.43 Å². The minimum Gasteiger partial charge on any atom is -0.507 e. The first kappa shape index (κ1) is 22.6. The number of nitrogens with zero attached hydrogens (tertiary/aromatic N) is 1. The summed E-state index contributed by atoms with van der Waals surface area (Å²) in [6.45, 7) is -0.244. The molecule has 3 aromatic rings. The fourth-order valence-electron chi connectivity index (χ4n) is 2.67. The number of carbonyl (C=O) groups excluding carboxylic acids is 2. The van der Waals surface area contributed by atoms with Gasteiger partial charge >= 0.3 is 0 Å². The largest absolute Gasteiger partial charge is 0.507 e. The predicted octanol–water partition coefficient (Wildman–Crippen LogP) is 3.84. The van der Waals surface area contributed by atoms with Gasteiger partial charge < -0.3 is 19.9 Å². The van der Waals surface area contributed by atoms with Crippen molar-refractivity contribution in [2.75, 3.05) is 19.0 Å². The summed E-state index contributed by atoms with van der Waals surface area (Å²) in [5.74, 6) is -0.320. The normalized spacial score (nSPS) is 10.6. The van der Waals surface area contributed by atoms with Gasteiger partial charge in [0.25, 0.3) is 11.8 Å². The second kappa shape index (κ2) is 10.8. The molecule has 3 aromatic carbocycles. The number of nitrogens with one attached hydrogen (secondary N) is 2. The number of methoxy groups -OCH3 is 1. The Morgan fingerprint density at radius 2 is 1.81 bits per heavy atom. The SMILES string of the molecule is COc1cc(/C=N/NC(=O)c2ccccc2O)ccc1OCC(=O)Nc1ccccc1Cl. The topological polar surface area (TPSA) is 109 Å². The Hall–Kier alpha value is -4.04. The Kier molecular flexibility index (Phi) is 7.66. The number of para-hydroxylation sites is 2. The van der Waals surface area contributed by atoms with E-state index in [0.29, 0.717) is 27.8 Å². The van der Waals surface area contributed by atoms with Gasteiger partial charge in [-0.15, -0.1) is 0 Å². The van der Waals surface area contributed by atoms with Gasteiger partial charge in [0.15, 0.2) is 18.1 Å². The Morgan fingerprint density at radius 3 is 2.56 bits per heavy atom. The van der Waals surface area contributed by atoms with E-state index in [1.165, 1.54) is 25.5 Å². The van der Waals surface area contributed by atoms with Crippen LogP contribution in [0.3, 0.4) is 0 Å². The molecule has 164 valence electrons. The summed E-state index contributed by atoms with van der Waals surface area (Å²) in [7, 11) is 1.47. The molecule has 0 heterocycles. The van der Waals surface area contributed by atoms with Gasteiger partial charge in [0.05, 0.1) is 29.6 Å². The van der Waals surface area contributed by atoms with Crippen molar-refractivity contribution < 1.29 is 24.2 Å². The average molecular weight is 454 g/mol. The highest BCUT2D eigenvalue weighted by atomic mass is 35.5. The quantitative estimate of drug-likeness (QED) is 0.354. The number of halogens is 1. The van der Waals surface area contributed by atoms with Gasteiger partial charge in [0.1, 0.15) is 5.75 Å². The van der Waals surface area contributed by atoms with Crippen LogP contribution in [0.4, 0.5) is 5.69 Å². The van der Waals surface area contributed by atoms with Crippen molar-refractivity contribution in [2.45, 2.75) is 0 Å². The standard InChI is InChI=1S/C23H20ClN3O5/c1-31-21-12-15(13-25-27-23(30)16-6-2-5-9-19(16)28)10-11-20(21)32-14-22(29)26-18-8-4-3-7-17(18)24/h2-13,28H,14H2,1H3,(H,26,29)(H,27,30)/b25-13+. The number of benzene rings is 3. The maximum Gasteiger partial charge on any atom is 0.275 e. The summed E-state index contributed by atoms with van der Waals surface area (Å²) in [6.07, 6.45) is 1.41. The molecule has 9 heteroatoms. The Labute approximate surface area is 189 Å². The minimum absolute atomic E-state index is 0.112. The van der Waals surface area contributed by atoms with Crippen LogP contribution in [0.15, 0.2) is 71.8 Å². The highest BCUT2D eigenvalue weighted by Gasteiger charge is 2.11. The van der Waals surface area contributed by atoms with E-state index in [2.05, 4.69) is 15.8 Å². The third-order valence-corrected chi connectivity index (χ3v) is 4.55. The third kappa shape index (κ3) is 5.99. The Bertz CT molecular complexity index is 1150. The van der Waals surface area contributed by atoms with E-state index in [-0.39, 0.29) is 23.8 Å². The second-order valence-electron chi connectivity index (χ2n) is 6.44. The lowest BCUT2D eigenvalue weighted by atomic mass is 10.2. The number of hydrogen-bond acceptors (Lipinski definition) is 6. The number of phenolic OH excluding ortho intramolecular Hbond substituents is 1. The van der Waals surface area contributed by atoms with Crippen LogP contribution in [-0.2, 0) is 4.79 Å². The van der Waals surface area contributed by atoms with Crippen LogP contribution in [0.5, 0.6) is 17.2 Å². The number of hydrogen-bond donors (Lipinski definition) is 3. The van der Waals surface area contributed by atoms with Gasteiger partial charge in [0.2, 0.25) is 0 Å². The highest BCUT2D eigenvalue weighted by Crippen LogP contribution is 2.28. The molecule has 0 radical (unpaired) electrons. The van der Waals surface area contributed by atoms with Crippen LogP contribution in [0.1, 0.15) is 15.9 Å². The van der Waals surface area contributed by atoms with E-state index in [1.807, 2.05) is 0 Å². The van der Waals surface area contributed by atoms with Crippen molar-refractivity contribution in [2.24, 2.45) is 5.10 Å². The minimum atomic E-state index is -0.546. The van der Waals surface area contributed by atoms with Gasteiger partial charge in [-0.3, -0.25) is 9.59 Å². The number of hydrazone groups is 1. The Balaban J connectivity index is 1.58. The maximum absolute atomic E-state index is 12.1. The van der Waals surface area contributed by atoms with E-state index in [1.54, 1.807) is 54.6 Å². The lowest BCUT2D eigenvalue weighted by Gasteiger charge is -2.12. The molecule has 0 aromatic heterocycles. The van der Waals surface area contributed by atoms with Crippen molar-refractivity contribution in [3.05, 3.63) is 82.9 Å². The average Bonchev–Trinajstić information content (AvgIpc) is 2.79. The van der Waals surface area contributed by atoms with Crippen LogP contribution in [0.2, 0.25) is 5.02 Å². The first-order valence-corrected chi connectivity index (χ1v) is 9.82. The van der Waals surface area contributed by atoms with E-state index in [4.69, 9.17) is 21.1 Å². The van der Waals surface area contributed by atoms with Gasteiger partial charge in [-0.25, -0.2) is 5.43 Å². The number of aromatic hydroxyl groups is 1. The fourth-order valence-corrected chi connectivity index (χ4v) is 2.85. The number of rotatable bonds is 8. The molecule has 0 aliphatic heterocycles. The van der Waals surface area contributed by atoms with Crippen molar-refractivity contribution in [3.8, 4) is 17.2 Å². The summed E-state index contributed by atoms with van der Waals surface area (Å²) in [5, 5.41) is 16.7. The molecule has 3 N–H and O–H groups in total. The molecule has 0 unspecified atom stereocenters. The van der Waals surface area contributed by atoms with Gasteiger partial charge in [-0.2, -0.15) is 5.10 Å². The Morgan fingerprint density at radius 1 is 1.06 bits per heavy atom. The van der Waals surface area contributed by atoms with Gasteiger partial charge in [-0.05, 0) is 48.0 Å². The van der Waals surface area contributed by atoms with Crippen LogP contribution in [-0.4, -0.2) is 36.9 Å². The zero-order valence-corrected chi connectivity index (χ0v) is 17.8. The number of phenols is 1. The van der Waals surface area contributed by atoms with Crippen LogP contribution < -0.4 is 20.2 Å². The summed E-state index contributed by atoms with van der Waals surface area (Å²) >= 11 is 6.03. The zero-order chi connectivity index (χ0) is 22.9. The van der Waals surface area contributed by atoms with Crippen LogP contribution >= 0.6 is 11.6 Å². The smallest absolute Gasteiger partial charge is 0.275 e. The molecule has 2 amide bonds. The maximum atomic E-state index is 12.1. The summed E-state index contributed by atoms with van der Waals surface area (Å²) in [5.41, 5.74) is 3.57. The molecular weight excluding hydrogens is 434 g/mol. The van der Waals surface area contributed by atoms with Gasteiger partial charge in [-0.1, -0.05) is 35.9 Å². The summed E-state index contributed by atoms with van der Waals surface area (Å²) < 4.78 is 10.9. The van der Waals surface area contributed by atoms with Gasteiger partial charge in [0, 0.05) is 0 Å². The molecular formula is C23H20ClN3O5. The van der Waals surface area contributed by atoms with Crippen molar-refractivity contribution in [1.29, 1.82) is 0 Å². The first-order chi connectivity index (χ1) is 15.5. The summed E-state index contributed by atoms with van der Waals surface area (Å²) in [4.78, 5) is 24.2. The zero-order valence-electron chi connectivity index (χ0n) is 17.0. The fraction of sp³-hybridized carbons (Fsp3) is 0.0870. The van der Waals surface area contributed by atoms with E-state index in [9.17, 15) is 14.7 Å². The molecule has 0 bridgehead atoms. The second-order valence-corrected chi connectivity index (χ2v) is 6.85. The van der Waals surface area contributed by atoms with Crippen LogP contribution in [0.25, 0.3) is 0 Å². The number of ether oxygens (including phenoxy) is 2. The van der Waals surface area contributed by atoms with Crippen LogP contribution in [0, 0.1) is 0 Å². The van der Waals surface area contributed by atoms with Crippen molar-refractivity contribution >= 4 is 35.3 Å². The number of carbonyl (C=O) groups is 2. The molecule has 8 nitrogen and oxygen atoms in total. The lowest BCUT2D eigenvalue weighted by molar-refractivity contribution is -0.118. The molecule has 0 spiro atoms. The monoisotopic (exact) mass is 453 g/mol. The number of amides is 2. The molecule has 32 heavy (non-hydrogen) atoms. The predicted molar refractivity (Wildman–Crippen MR) is 122 cm³/mol. The summed E-state index contributed by atoms with van der Waals surface area (Å²) in [6, 6.07) is 18.0. The van der Waals surface area contributed by atoms with E-state index in [0.717, 1.165) is 0 Å². The molecule has 0 aliphatic carbocycles. The highest BCUT2D eigenvalue weighted by molar-refractivity contribution is 6.33. The molecule has 0 saturated carbocycles. The van der Waals surface area contributed by atoms with E-state index >= 15 is 0 Å².